The van der Waals surface area contributed by atoms with Gasteiger partial charge in [0.1, 0.15) is 0 Å². The van der Waals surface area contributed by atoms with Crippen molar-refractivity contribution in [2.45, 2.75) is 0 Å². The predicted molar refractivity (Wildman–Crippen MR) is 77.4 cm³/mol. The quantitative estimate of drug-likeness (QED) is 0.710. The van der Waals surface area contributed by atoms with E-state index in [4.69, 9.17) is 19.3 Å². The predicted octanol–water partition coefficient (Wildman–Crippen LogP) is 0.781. The average molecular weight is 322 g/mol. The second kappa shape index (κ2) is 6.64. The van der Waals surface area contributed by atoms with E-state index in [0.29, 0.717) is 17.2 Å². The molecule has 0 saturated carbocycles. The summed E-state index contributed by atoms with van der Waals surface area (Å²) >= 11 is 0. The van der Waals surface area contributed by atoms with Crippen LogP contribution in [-0.4, -0.2) is 53.5 Å². The van der Waals surface area contributed by atoms with Gasteiger partial charge in [-0.05, 0) is 12.1 Å². The number of aromatic nitrogens is 3. The van der Waals surface area contributed by atoms with Gasteiger partial charge >= 0.3 is 5.97 Å². The molecular formula is C13H14N4O6. The summed E-state index contributed by atoms with van der Waals surface area (Å²) in [5, 5.41) is 16.9. The minimum absolute atomic E-state index is 0.166. The van der Waals surface area contributed by atoms with Crippen molar-refractivity contribution in [1.82, 2.24) is 15.2 Å². The highest BCUT2D eigenvalue weighted by atomic mass is 16.5. The molecule has 1 amide bonds. The van der Waals surface area contributed by atoms with E-state index in [1.807, 2.05) is 0 Å². The molecule has 0 aliphatic heterocycles. The van der Waals surface area contributed by atoms with E-state index in [9.17, 15) is 9.59 Å². The molecule has 0 saturated heterocycles. The molecule has 3 N–H and O–H groups in total. The Morgan fingerprint density at radius 2 is 1.74 bits per heavy atom. The molecule has 122 valence electrons. The smallest absolute Gasteiger partial charge is 0.373 e. The van der Waals surface area contributed by atoms with Crippen molar-refractivity contribution in [2.75, 3.05) is 26.6 Å². The number of carboxylic acid groups (broad SMARTS) is 1. The van der Waals surface area contributed by atoms with E-state index in [-0.39, 0.29) is 17.3 Å². The van der Waals surface area contributed by atoms with E-state index < -0.39 is 11.9 Å². The van der Waals surface area contributed by atoms with Crippen molar-refractivity contribution in [1.29, 1.82) is 0 Å². The van der Waals surface area contributed by atoms with Gasteiger partial charge in [-0.15, -0.1) is 5.10 Å². The summed E-state index contributed by atoms with van der Waals surface area (Å²) in [4.78, 5) is 26.5. The highest BCUT2D eigenvalue weighted by Crippen LogP contribution is 2.38. The fraction of sp³-hybridized carbons (Fsp3) is 0.231. The number of carboxylic acids is 1. The van der Waals surface area contributed by atoms with Crippen LogP contribution in [0, 0.1) is 0 Å². The van der Waals surface area contributed by atoms with Gasteiger partial charge in [-0.3, -0.25) is 15.2 Å². The Hall–Kier alpha value is -3.30. The minimum Gasteiger partial charge on any atom is -0.493 e. The first-order valence-electron chi connectivity index (χ1n) is 6.27. The van der Waals surface area contributed by atoms with Crippen molar-refractivity contribution in [3.63, 3.8) is 0 Å². The number of aromatic amines is 1. The lowest BCUT2D eigenvalue weighted by Gasteiger charge is -2.13. The summed E-state index contributed by atoms with van der Waals surface area (Å²) < 4.78 is 15.5. The van der Waals surface area contributed by atoms with Crippen molar-refractivity contribution in [3.05, 3.63) is 23.5 Å². The molecule has 10 heteroatoms. The number of carbonyl (C=O) groups is 2. The first-order valence-corrected chi connectivity index (χ1v) is 6.27. The number of rotatable bonds is 6. The minimum atomic E-state index is -1.29. The molecule has 0 aliphatic carbocycles. The zero-order valence-corrected chi connectivity index (χ0v) is 12.5. The van der Waals surface area contributed by atoms with Crippen LogP contribution in [-0.2, 0) is 0 Å². The number of H-pyrrole nitrogens is 1. The van der Waals surface area contributed by atoms with Gasteiger partial charge in [-0.2, -0.15) is 4.98 Å². The molecule has 0 unspecified atom stereocenters. The summed E-state index contributed by atoms with van der Waals surface area (Å²) in [6, 6.07) is 2.89. The van der Waals surface area contributed by atoms with E-state index in [1.165, 1.54) is 33.5 Å². The SMILES string of the molecule is COc1cc(C(=O)Nc2n[nH]c(C(=O)O)n2)cc(OC)c1OC. The molecule has 0 aliphatic rings. The number of hydrogen-bond donors (Lipinski definition) is 3. The molecule has 0 atom stereocenters. The molecule has 0 bridgehead atoms. The standard InChI is InChI=1S/C13H14N4O6/c1-21-7-4-6(5-8(22-2)9(7)23-3)11(18)15-13-14-10(12(19)20)16-17-13/h4-5H,1-3H3,(H,19,20)(H2,14,15,16,17,18). The molecule has 0 spiro atoms. The van der Waals surface area contributed by atoms with Crippen LogP contribution in [0.2, 0.25) is 0 Å². The summed E-state index contributed by atoms with van der Waals surface area (Å²) in [6.45, 7) is 0. The van der Waals surface area contributed by atoms with Crippen molar-refractivity contribution in [3.8, 4) is 17.2 Å². The van der Waals surface area contributed by atoms with Crippen LogP contribution < -0.4 is 19.5 Å². The van der Waals surface area contributed by atoms with Crippen molar-refractivity contribution in [2.24, 2.45) is 0 Å². The van der Waals surface area contributed by atoms with Gasteiger partial charge in [0.25, 0.3) is 5.91 Å². The number of methoxy groups -OCH3 is 3. The Bertz CT molecular complexity index is 717. The lowest BCUT2D eigenvalue weighted by molar-refractivity contribution is 0.0683. The topological polar surface area (TPSA) is 136 Å². The molecule has 10 nitrogen and oxygen atoms in total. The number of benzene rings is 1. The Balaban J connectivity index is 2.29. The Morgan fingerprint density at radius 3 is 2.17 bits per heavy atom. The van der Waals surface area contributed by atoms with Gasteiger partial charge in [0.2, 0.25) is 17.5 Å². The van der Waals surface area contributed by atoms with Gasteiger partial charge in [0.05, 0.1) is 21.3 Å². The molecule has 1 heterocycles. The molecule has 2 rings (SSSR count). The number of nitrogens with one attached hydrogen (secondary N) is 2. The largest absolute Gasteiger partial charge is 0.493 e. The van der Waals surface area contributed by atoms with Crippen LogP contribution >= 0.6 is 0 Å². The van der Waals surface area contributed by atoms with Crippen molar-refractivity contribution < 1.29 is 28.9 Å². The first kappa shape index (κ1) is 16.1. The third-order valence-corrected chi connectivity index (χ3v) is 2.84. The number of ether oxygens (including phenoxy) is 3. The van der Waals surface area contributed by atoms with Crippen LogP contribution in [0.4, 0.5) is 5.95 Å². The average Bonchev–Trinajstić information content (AvgIpc) is 3.01. The molecule has 0 fully saturated rings. The summed E-state index contributed by atoms with van der Waals surface area (Å²) in [5.41, 5.74) is 0.196. The Morgan fingerprint density at radius 1 is 1.13 bits per heavy atom. The van der Waals surface area contributed by atoms with Gasteiger partial charge < -0.3 is 19.3 Å². The molecule has 0 radical (unpaired) electrons. The zero-order chi connectivity index (χ0) is 17.0. The Labute approximate surface area is 130 Å². The van der Waals surface area contributed by atoms with Crippen LogP contribution in [0.5, 0.6) is 17.2 Å². The third-order valence-electron chi connectivity index (χ3n) is 2.84. The maximum Gasteiger partial charge on any atom is 0.373 e. The second-order valence-corrected chi connectivity index (χ2v) is 4.18. The van der Waals surface area contributed by atoms with Crippen molar-refractivity contribution >= 4 is 17.8 Å². The summed E-state index contributed by atoms with van der Waals surface area (Å²) in [6.07, 6.45) is 0. The first-order chi connectivity index (χ1) is 11.0. The molecular weight excluding hydrogens is 308 g/mol. The van der Waals surface area contributed by atoms with Crippen LogP contribution in [0.1, 0.15) is 21.0 Å². The lowest BCUT2D eigenvalue weighted by atomic mass is 10.1. The zero-order valence-electron chi connectivity index (χ0n) is 12.5. The number of nitrogens with zero attached hydrogens (tertiary/aromatic N) is 2. The monoisotopic (exact) mass is 322 g/mol. The highest BCUT2D eigenvalue weighted by Gasteiger charge is 2.18. The third kappa shape index (κ3) is 3.31. The van der Waals surface area contributed by atoms with Crippen LogP contribution in [0.3, 0.4) is 0 Å². The number of hydrogen-bond acceptors (Lipinski definition) is 7. The van der Waals surface area contributed by atoms with E-state index in [0.717, 1.165) is 0 Å². The van der Waals surface area contributed by atoms with E-state index in [2.05, 4.69) is 20.5 Å². The summed E-state index contributed by atoms with van der Waals surface area (Å²) in [7, 11) is 4.29. The number of carbonyl (C=O) groups excluding carboxylic acids is 1. The maximum atomic E-state index is 12.2. The molecule has 23 heavy (non-hydrogen) atoms. The normalized spacial score (nSPS) is 10.0. The van der Waals surface area contributed by atoms with Gasteiger partial charge in [-0.25, -0.2) is 4.79 Å². The molecule has 2 aromatic rings. The van der Waals surface area contributed by atoms with Gasteiger partial charge in [-0.1, -0.05) is 0 Å². The lowest BCUT2D eigenvalue weighted by Crippen LogP contribution is -2.14. The summed E-state index contributed by atoms with van der Waals surface area (Å²) in [5.74, 6) is -1.45. The van der Waals surface area contributed by atoms with Gasteiger partial charge in [0.15, 0.2) is 11.5 Å². The fourth-order valence-corrected chi connectivity index (χ4v) is 1.80. The fourth-order valence-electron chi connectivity index (χ4n) is 1.80. The Kier molecular flexibility index (Phi) is 4.64. The number of anilines is 1. The van der Waals surface area contributed by atoms with E-state index >= 15 is 0 Å². The van der Waals surface area contributed by atoms with E-state index in [1.54, 1.807) is 0 Å². The highest BCUT2D eigenvalue weighted by molar-refractivity contribution is 6.04. The van der Waals surface area contributed by atoms with Crippen LogP contribution in [0.15, 0.2) is 12.1 Å². The van der Waals surface area contributed by atoms with Crippen LogP contribution in [0.25, 0.3) is 0 Å². The van der Waals surface area contributed by atoms with Gasteiger partial charge in [0, 0.05) is 5.56 Å². The number of amides is 1. The maximum absolute atomic E-state index is 12.2. The second-order valence-electron chi connectivity index (χ2n) is 4.18. The molecule has 1 aromatic carbocycles. The molecule has 1 aromatic heterocycles. The number of aromatic carboxylic acids is 1.